The number of nitrogens with zero attached hydrogens (tertiary/aromatic N) is 1. The first-order valence-corrected chi connectivity index (χ1v) is 7.07. The average molecular weight is 264 g/mol. The number of benzene rings is 1. The van der Waals surface area contributed by atoms with E-state index in [1.165, 1.54) is 6.07 Å². The van der Waals surface area contributed by atoms with Crippen molar-refractivity contribution in [1.82, 2.24) is 10.2 Å². The Hall–Kier alpha value is -0.970. The van der Waals surface area contributed by atoms with Crippen LogP contribution < -0.4 is 5.32 Å². The molecule has 1 aromatic carbocycles. The molecule has 2 heterocycles. The van der Waals surface area contributed by atoms with Gasteiger partial charge in [0.15, 0.2) is 0 Å². The molecule has 2 aliphatic rings. The van der Waals surface area contributed by atoms with Gasteiger partial charge in [-0.15, -0.1) is 0 Å². The van der Waals surface area contributed by atoms with Crippen molar-refractivity contribution in [2.45, 2.75) is 25.0 Å². The minimum atomic E-state index is -0.151. The summed E-state index contributed by atoms with van der Waals surface area (Å²) >= 11 is 0. The molecule has 0 radical (unpaired) electrons. The van der Waals surface area contributed by atoms with Gasteiger partial charge in [0.05, 0.1) is 12.2 Å². The Balaban J connectivity index is 1.65. The SMILES string of the molecule is Fc1cccc(CN2CCOC3(CCNCC3)C2)c1. The second kappa shape index (κ2) is 5.57. The number of ether oxygens (including phenoxy) is 1. The zero-order valence-electron chi connectivity index (χ0n) is 11.2. The standard InChI is InChI=1S/C15H21FN2O/c16-14-3-1-2-13(10-14)11-18-8-9-19-15(12-18)4-6-17-7-5-15/h1-3,10,17H,4-9,11-12H2. The van der Waals surface area contributed by atoms with E-state index < -0.39 is 0 Å². The van der Waals surface area contributed by atoms with Gasteiger partial charge in [-0.05, 0) is 43.6 Å². The van der Waals surface area contributed by atoms with Gasteiger partial charge in [0.1, 0.15) is 5.82 Å². The molecule has 19 heavy (non-hydrogen) atoms. The van der Waals surface area contributed by atoms with Gasteiger partial charge in [-0.3, -0.25) is 4.90 Å². The summed E-state index contributed by atoms with van der Waals surface area (Å²) in [5.74, 6) is -0.151. The molecule has 1 aromatic rings. The van der Waals surface area contributed by atoms with E-state index in [1.54, 1.807) is 12.1 Å². The molecule has 2 aliphatic heterocycles. The molecular formula is C15H21FN2O. The van der Waals surface area contributed by atoms with Gasteiger partial charge in [0, 0.05) is 19.6 Å². The number of hydrogen-bond donors (Lipinski definition) is 1. The second-order valence-electron chi connectivity index (χ2n) is 5.62. The van der Waals surface area contributed by atoms with E-state index in [-0.39, 0.29) is 11.4 Å². The lowest BCUT2D eigenvalue weighted by Gasteiger charge is -2.45. The van der Waals surface area contributed by atoms with Gasteiger partial charge in [-0.2, -0.15) is 0 Å². The van der Waals surface area contributed by atoms with Crippen LogP contribution >= 0.6 is 0 Å². The summed E-state index contributed by atoms with van der Waals surface area (Å²) in [4.78, 5) is 2.39. The first-order valence-electron chi connectivity index (χ1n) is 7.07. The third kappa shape index (κ3) is 3.14. The lowest BCUT2D eigenvalue weighted by atomic mass is 9.90. The molecular weight excluding hydrogens is 243 g/mol. The number of morpholine rings is 1. The summed E-state index contributed by atoms with van der Waals surface area (Å²) in [7, 11) is 0. The van der Waals surface area contributed by atoms with Crippen LogP contribution in [0.3, 0.4) is 0 Å². The zero-order chi connectivity index (χ0) is 13.1. The van der Waals surface area contributed by atoms with Gasteiger partial charge in [0.25, 0.3) is 0 Å². The maximum absolute atomic E-state index is 13.2. The number of piperidine rings is 1. The summed E-state index contributed by atoms with van der Waals surface area (Å²) in [6.07, 6.45) is 2.15. The summed E-state index contributed by atoms with van der Waals surface area (Å²) in [6, 6.07) is 6.90. The molecule has 1 spiro atoms. The molecule has 4 heteroatoms. The van der Waals surface area contributed by atoms with Crippen LogP contribution in [0.15, 0.2) is 24.3 Å². The molecule has 3 nitrogen and oxygen atoms in total. The molecule has 0 aromatic heterocycles. The first-order chi connectivity index (χ1) is 9.26. The molecule has 1 N–H and O–H groups in total. The fraction of sp³-hybridized carbons (Fsp3) is 0.600. The maximum atomic E-state index is 13.2. The Labute approximate surface area is 113 Å². The monoisotopic (exact) mass is 264 g/mol. The van der Waals surface area contributed by atoms with Gasteiger partial charge in [-0.25, -0.2) is 4.39 Å². The van der Waals surface area contributed by atoms with Crippen molar-refractivity contribution >= 4 is 0 Å². The van der Waals surface area contributed by atoms with E-state index in [9.17, 15) is 4.39 Å². The highest BCUT2D eigenvalue weighted by Gasteiger charge is 2.37. The summed E-state index contributed by atoms with van der Waals surface area (Å²) in [5.41, 5.74) is 1.07. The number of rotatable bonds is 2. The first kappa shape index (κ1) is 13.0. The van der Waals surface area contributed by atoms with Crippen molar-refractivity contribution in [3.63, 3.8) is 0 Å². The van der Waals surface area contributed by atoms with Crippen LogP contribution in [0.2, 0.25) is 0 Å². The molecule has 0 saturated carbocycles. The van der Waals surface area contributed by atoms with Crippen LogP contribution in [0, 0.1) is 5.82 Å². The van der Waals surface area contributed by atoms with E-state index in [0.29, 0.717) is 0 Å². The van der Waals surface area contributed by atoms with Crippen molar-refractivity contribution in [3.05, 3.63) is 35.6 Å². The van der Waals surface area contributed by atoms with E-state index >= 15 is 0 Å². The van der Waals surface area contributed by atoms with Crippen molar-refractivity contribution in [2.24, 2.45) is 0 Å². The predicted octanol–water partition coefficient (Wildman–Crippen LogP) is 1.78. The molecule has 0 aliphatic carbocycles. The molecule has 3 rings (SSSR count). The van der Waals surface area contributed by atoms with Crippen LogP contribution in [0.4, 0.5) is 4.39 Å². The number of halogens is 1. The summed E-state index contributed by atoms with van der Waals surface area (Å²) < 4.78 is 19.3. The zero-order valence-corrected chi connectivity index (χ0v) is 11.2. The van der Waals surface area contributed by atoms with Gasteiger partial charge >= 0.3 is 0 Å². The third-order valence-corrected chi connectivity index (χ3v) is 4.14. The Morgan fingerprint density at radius 3 is 2.95 bits per heavy atom. The van der Waals surface area contributed by atoms with Crippen LogP contribution in [0.1, 0.15) is 18.4 Å². The molecule has 0 bridgehead atoms. The normalized spacial score (nSPS) is 23.6. The van der Waals surface area contributed by atoms with Crippen molar-refractivity contribution in [3.8, 4) is 0 Å². The van der Waals surface area contributed by atoms with Gasteiger partial charge in [0.2, 0.25) is 0 Å². The van der Waals surface area contributed by atoms with E-state index in [2.05, 4.69) is 10.2 Å². The third-order valence-electron chi connectivity index (χ3n) is 4.14. The van der Waals surface area contributed by atoms with Crippen molar-refractivity contribution in [2.75, 3.05) is 32.8 Å². The Morgan fingerprint density at radius 2 is 2.16 bits per heavy atom. The number of nitrogens with one attached hydrogen (secondary N) is 1. The lowest BCUT2D eigenvalue weighted by Crippen LogP contribution is -2.55. The predicted molar refractivity (Wildman–Crippen MR) is 72.5 cm³/mol. The smallest absolute Gasteiger partial charge is 0.123 e. The Morgan fingerprint density at radius 1 is 1.32 bits per heavy atom. The van der Waals surface area contributed by atoms with Crippen LogP contribution in [-0.4, -0.2) is 43.3 Å². The number of hydrogen-bond acceptors (Lipinski definition) is 3. The topological polar surface area (TPSA) is 24.5 Å². The molecule has 0 atom stereocenters. The maximum Gasteiger partial charge on any atom is 0.123 e. The minimum absolute atomic E-state index is 0.0246. The summed E-state index contributed by atoms with van der Waals surface area (Å²) in [6.45, 7) is 5.57. The Bertz CT molecular complexity index is 426. The largest absolute Gasteiger partial charge is 0.372 e. The molecule has 0 amide bonds. The van der Waals surface area contributed by atoms with Gasteiger partial charge in [-0.1, -0.05) is 12.1 Å². The average Bonchev–Trinajstić information content (AvgIpc) is 2.40. The Kier molecular flexibility index (Phi) is 3.82. The highest BCUT2D eigenvalue weighted by Crippen LogP contribution is 2.28. The molecule has 0 unspecified atom stereocenters. The quantitative estimate of drug-likeness (QED) is 0.881. The highest BCUT2D eigenvalue weighted by molar-refractivity contribution is 5.16. The van der Waals surface area contributed by atoms with E-state index in [0.717, 1.165) is 57.7 Å². The molecule has 2 saturated heterocycles. The van der Waals surface area contributed by atoms with Crippen molar-refractivity contribution in [1.29, 1.82) is 0 Å². The minimum Gasteiger partial charge on any atom is -0.372 e. The molecule has 2 fully saturated rings. The summed E-state index contributed by atoms with van der Waals surface area (Å²) in [5, 5.41) is 3.38. The van der Waals surface area contributed by atoms with E-state index in [1.807, 2.05) is 6.07 Å². The van der Waals surface area contributed by atoms with Crippen LogP contribution in [0.25, 0.3) is 0 Å². The van der Waals surface area contributed by atoms with Crippen LogP contribution in [0.5, 0.6) is 0 Å². The second-order valence-corrected chi connectivity index (χ2v) is 5.62. The lowest BCUT2D eigenvalue weighted by molar-refractivity contribution is -0.125. The van der Waals surface area contributed by atoms with Crippen molar-refractivity contribution < 1.29 is 9.13 Å². The fourth-order valence-electron chi connectivity index (χ4n) is 3.14. The van der Waals surface area contributed by atoms with Gasteiger partial charge < -0.3 is 10.1 Å². The molecule has 104 valence electrons. The fourth-order valence-corrected chi connectivity index (χ4v) is 3.14. The highest BCUT2D eigenvalue weighted by atomic mass is 19.1. The van der Waals surface area contributed by atoms with Crippen LogP contribution in [-0.2, 0) is 11.3 Å². The van der Waals surface area contributed by atoms with E-state index in [4.69, 9.17) is 4.74 Å².